The predicted octanol–water partition coefficient (Wildman–Crippen LogP) is 4.93. The van der Waals surface area contributed by atoms with Gasteiger partial charge in [0, 0.05) is 13.4 Å². The molecule has 3 nitrogen and oxygen atoms in total. The topological polar surface area (TPSA) is 49.3 Å². The first-order chi connectivity index (χ1) is 8.99. The number of benzene rings is 2. The van der Waals surface area contributed by atoms with E-state index < -0.39 is 0 Å². The molecule has 0 spiro atoms. The van der Waals surface area contributed by atoms with Crippen molar-refractivity contribution < 1.29 is 9.90 Å². The number of aromatic hydroxyl groups is 1. The van der Waals surface area contributed by atoms with E-state index in [-0.39, 0.29) is 17.2 Å². The molecule has 0 bridgehead atoms. The van der Waals surface area contributed by atoms with Gasteiger partial charge in [0.1, 0.15) is 5.75 Å². The quantitative estimate of drug-likeness (QED) is 0.682. The van der Waals surface area contributed by atoms with E-state index in [4.69, 9.17) is 0 Å². The zero-order valence-electron chi connectivity index (χ0n) is 9.45. The van der Waals surface area contributed by atoms with E-state index in [1.807, 2.05) is 12.1 Å². The number of nitrogens with one attached hydrogen (secondary N) is 1. The Morgan fingerprint density at radius 3 is 2.21 bits per heavy atom. The van der Waals surface area contributed by atoms with Gasteiger partial charge in [-0.15, -0.1) is 0 Å². The summed E-state index contributed by atoms with van der Waals surface area (Å²) >= 11 is 10.1. The second-order valence-electron chi connectivity index (χ2n) is 3.72. The van der Waals surface area contributed by atoms with Crippen LogP contribution in [0.2, 0.25) is 0 Å². The minimum absolute atomic E-state index is 0.0515. The summed E-state index contributed by atoms with van der Waals surface area (Å²) in [6.45, 7) is 0. The van der Waals surface area contributed by atoms with E-state index in [0.717, 1.165) is 13.4 Å². The SMILES string of the molecule is O=C(Nc1c(Br)cc(Br)cc1Br)c1ccccc1O. The van der Waals surface area contributed by atoms with E-state index in [2.05, 4.69) is 53.1 Å². The van der Waals surface area contributed by atoms with Crippen LogP contribution in [0.4, 0.5) is 5.69 Å². The molecule has 0 heterocycles. The molecule has 1 amide bonds. The molecule has 98 valence electrons. The number of carbonyl (C=O) groups is 1. The van der Waals surface area contributed by atoms with Gasteiger partial charge in [0.05, 0.1) is 11.3 Å². The van der Waals surface area contributed by atoms with Crippen LogP contribution in [0.15, 0.2) is 49.8 Å². The van der Waals surface area contributed by atoms with Crippen LogP contribution in [0.1, 0.15) is 10.4 Å². The number of carbonyl (C=O) groups excluding carboxylic acids is 1. The molecule has 0 aliphatic rings. The van der Waals surface area contributed by atoms with Gasteiger partial charge in [0.25, 0.3) is 5.91 Å². The van der Waals surface area contributed by atoms with Crippen molar-refractivity contribution in [3.63, 3.8) is 0 Å². The van der Waals surface area contributed by atoms with Gasteiger partial charge in [-0.2, -0.15) is 0 Å². The second kappa shape index (κ2) is 6.07. The summed E-state index contributed by atoms with van der Waals surface area (Å²) in [5.41, 5.74) is 0.834. The van der Waals surface area contributed by atoms with Crippen LogP contribution in [-0.4, -0.2) is 11.0 Å². The van der Waals surface area contributed by atoms with Crippen LogP contribution in [0.3, 0.4) is 0 Å². The number of phenolic OH excluding ortho intramolecular Hbond substituents is 1. The monoisotopic (exact) mass is 447 g/mol. The van der Waals surface area contributed by atoms with Crippen LogP contribution in [0.25, 0.3) is 0 Å². The number of hydrogen-bond donors (Lipinski definition) is 2. The van der Waals surface area contributed by atoms with Gasteiger partial charge in [0.15, 0.2) is 0 Å². The summed E-state index contributed by atoms with van der Waals surface area (Å²) in [7, 11) is 0. The maximum atomic E-state index is 12.1. The molecule has 0 radical (unpaired) electrons. The first kappa shape index (κ1) is 14.6. The lowest BCUT2D eigenvalue weighted by molar-refractivity contribution is 0.102. The number of phenols is 1. The Morgan fingerprint density at radius 2 is 1.63 bits per heavy atom. The van der Waals surface area contributed by atoms with Gasteiger partial charge in [-0.25, -0.2) is 0 Å². The summed E-state index contributed by atoms with van der Waals surface area (Å²) in [5.74, 6) is -0.425. The van der Waals surface area contributed by atoms with Crippen molar-refractivity contribution >= 4 is 59.4 Å². The van der Waals surface area contributed by atoms with E-state index in [1.54, 1.807) is 18.2 Å². The minimum atomic E-state index is -0.373. The first-order valence-electron chi connectivity index (χ1n) is 5.23. The smallest absolute Gasteiger partial charge is 0.259 e. The summed E-state index contributed by atoms with van der Waals surface area (Å²) in [6.07, 6.45) is 0. The molecule has 0 aliphatic heterocycles. The molecule has 0 atom stereocenters. The van der Waals surface area contributed by atoms with Gasteiger partial charge in [-0.1, -0.05) is 28.1 Å². The summed E-state index contributed by atoms with van der Waals surface area (Å²) in [6, 6.07) is 10.0. The fourth-order valence-electron chi connectivity index (χ4n) is 1.51. The number of hydrogen-bond acceptors (Lipinski definition) is 2. The molecule has 0 unspecified atom stereocenters. The summed E-state index contributed by atoms with van der Waals surface area (Å²) in [5, 5.41) is 12.4. The molecule has 2 aromatic rings. The largest absolute Gasteiger partial charge is 0.507 e. The van der Waals surface area contributed by atoms with E-state index in [0.29, 0.717) is 5.69 Å². The molecule has 0 saturated carbocycles. The van der Waals surface area contributed by atoms with Gasteiger partial charge in [0.2, 0.25) is 0 Å². The average Bonchev–Trinajstić information content (AvgIpc) is 2.34. The highest BCUT2D eigenvalue weighted by Crippen LogP contribution is 2.35. The Bertz CT molecular complexity index is 621. The molecule has 2 N–H and O–H groups in total. The van der Waals surface area contributed by atoms with Crippen LogP contribution in [0.5, 0.6) is 5.75 Å². The maximum Gasteiger partial charge on any atom is 0.259 e. The Balaban J connectivity index is 2.32. The highest BCUT2D eigenvalue weighted by Gasteiger charge is 2.14. The highest BCUT2D eigenvalue weighted by atomic mass is 79.9. The van der Waals surface area contributed by atoms with Crippen molar-refractivity contribution in [3.05, 3.63) is 55.4 Å². The third-order valence-corrected chi connectivity index (χ3v) is 4.10. The van der Waals surface area contributed by atoms with E-state index in [9.17, 15) is 9.90 Å². The third-order valence-electron chi connectivity index (χ3n) is 2.39. The molecule has 0 fully saturated rings. The Kier molecular flexibility index (Phi) is 4.65. The zero-order valence-corrected chi connectivity index (χ0v) is 14.2. The van der Waals surface area contributed by atoms with Gasteiger partial charge < -0.3 is 10.4 Å². The zero-order chi connectivity index (χ0) is 14.0. The Hall–Kier alpha value is -0.850. The number of rotatable bonds is 2. The van der Waals surface area contributed by atoms with Crippen molar-refractivity contribution in [1.82, 2.24) is 0 Å². The third kappa shape index (κ3) is 3.38. The lowest BCUT2D eigenvalue weighted by Gasteiger charge is -2.11. The van der Waals surface area contributed by atoms with E-state index in [1.165, 1.54) is 6.07 Å². The van der Waals surface area contributed by atoms with Crippen molar-refractivity contribution in [3.8, 4) is 5.75 Å². The number of para-hydroxylation sites is 1. The Morgan fingerprint density at radius 1 is 1.05 bits per heavy atom. The number of amides is 1. The molecular weight excluding hydrogens is 442 g/mol. The molecule has 0 aromatic heterocycles. The van der Waals surface area contributed by atoms with Crippen LogP contribution >= 0.6 is 47.8 Å². The summed E-state index contributed by atoms with van der Waals surface area (Å²) in [4.78, 5) is 12.1. The molecule has 0 aliphatic carbocycles. The molecule has 2 rings (SSSR count). The second-order valence-corrected chi connectivity index (χ2v) is 6.34. The lowest BCUT2D eigenvalue weighted by atomic mass is 10.2. The van der Waals surface area contributed by atoms with Gasteiger partial charge in [-0.05, 0) is 56.1 Å². The average molecular weight is 450 g/mol. The van der Waals surface area contributed by atoms with Crippen molar-refractivity contribution in [2.45, 2.75) is 0 Å². The number of halogens is 3. The maximum absolute atomic E-state index is 12.1. The summed E-state index contributed by atoms with van der Waals surface area (Å²) < 4.78 is 2.35. The standard InChI is InChI=1S/C13H8Br3NO2/c14-7-5-9(15)12(10(16)6-7)17-13(19)8-3-1-2-4-11(8)18/h1-6,18H,(H,17,19). The molecular formula is C13H8Br3NO2. The van der Waals surface area contributed by atoms with Crippen LogP contribution in [0, 0.1) is 0 Å². The normalized spacial score (nSPS) is 10.3. The van der Waals surface area contributed by atoms with Gasteiger partial charge in [-0.3, -0.25) is 4.79 Å². The molecule has 0 saturated heterocycles. The van der Waals surface area contributed by atoms with Gasteiger partial charge >= 0.3 is 0 Å². The number of anilines is 1. The van der Waals surface area contributed by atoms with Crippen molar-refractivity contribution in [2.24, 2.45) is 0 Å². The van der Waals surface area contributed by atoms with Crippen molar-refractivity contribution in [2.75, 3.05) is 5.32 Å². The van der Waals surface area contributed by atoms with Crippen LogP contribution < -0.4 is 5.32 Å². The first-order valence-corrected chi connectivity index (χ1v) is 7.61. The molecule has 19 heavy (non-hydrogen) atoms. The predicted molar refractivity (Wildman–Crippen MR) is 85.6 cm³/mol. The highest BCUT2D eigenvalue weighted by molar-refractivity contribution is 9.11. The molecule has 6 heteroatoms. The molecule has 2 aromatic carbocycles. The Labute approximate surface area is 135 Å². The van der Waals surface area contributed by atoms with E-state index >= 15 is 0 Å². The lowest BCUT2D eigenvalue weighted by Crippen LogP contribution is -2.12. The van der Waals surface area contributed by atoms with Crippen molar-refractivity contribution in [1.29, 1.82) is 0 Å². The van der Waals surface area contributed by atoms with Crippen LogP contribution in [-0.2, 0) is 0 Å². The minimum Gasteiger partial charge on any atom is -0.507 e. The fraction of sp³-hybridized carbons (Fsp3) is 0. The fourth-order valence-corrected chi connectivity index (χ4v) is 3.97.